The molecule has 30 heavy (non-hydrogen) atoms. The highest BCUT2D eigenvalue weighted by molar-refractivity contribution is 7.94. The van der Waals surface area contributed by atoms with Crippen molar-refractivity contribution in [2.45, 2.75) is 24.7 Å². The number of aryl methyl sites for hydroxylation is 1. The van der Waals surface area contributed by atoms with Gasteiger partial charge in [-0.2, -0.15) is 0 Å². The van der Waals surface area contributed by atoms with Crippen LogP contribution in [0.4, 0.5) is 5.69 Å². The fourth-order valence-electron chi connectivity index (χ4n) is 3.31. The molecule has 2 aromatic rings. The molecule has 1 aliphatic rings. The van der Waals surface area contributed by atoms with E-state index in [1.807, 2.05) is 30.3 Å². The van der Waals surface area contributed by atoms with Crippen LogP contribution < -0.4 is 13.8 Å². The number of hydrogen-bond donors (Lipinski definition) is 1. The van der Waals surface area contributed by atoms with Gasteiger partial charge in [0.15, 0.2) is 0 Å². The number of rotatable bonds is 8. The summed E-state index contributed by atoms with van der Waals surface area (Å²) in [5.74, 6) is -1.52. The molecule has 1 N–H and O–H groups in total. The normalized spacial score (nSPS) is 18.5. The number of benzene rings is 2. The second kappa shape index (κ2) is 8.75. The topological polar surface area (TPSA) is 110 Å². The zero-order valence-electron chi connectivity index (χ0n) is 16.7. The molecule has 0 saturated carbocycles. The number of ether oxygens (including phenoxy) is 1. The number of carbonyl (C=O) groups excluding carboxylic acids is 1. The van der Waals surface area contributed by atoms with Gasteiger partial charge in [0.2, 0.25) is 26.0 Å². The van der Waals surface area contributed by atoms with Gasteiger partial charge in [-0.25, -0.2) is 25.9 Å². The first-order valence-electron chi connectivity index (χ1n) is 9.44. The summed E-state index contributed by atoms with van der Waals surface area (Å²) >= 11 is 0. The number of anilines is 1. The summed E-state index contributed by atoms with van der Waals surface area (Å²) in [6.45, 7) is 1.72. The Kier molecular flexibility index (Phi) is 6.49. The summed E-state index contributed by atoms with van der Waals surface area (Å²) in [6, 6.07) is 13.6. The second-order valence-electron chi connectivity index (χ2n) is 7.10. The van der Waals surface area contributed by atoms with Crippen LogP contribution in [0.15, 0.2) is 53.4 Å². The molecule has 1 aliphatic heterocycles. The molecule has 10 heteroatoms. The van der Waals surface area contributed by atoms with Gasteiger partial charge in [-0.1, -0.05) is 37.3 Å². The third-order valence-corrected chi connectivity index (χ3v) is 8.16. The second-order valence-corrected chi connectivity index (χ2v) is 10.7. The van der Waals surface area contributed by atoms with Crippen molar-refractivity contribution in [3.05, 3.63) is 54.1 Å². The van der Waals surface area contributed by atoms with Crippen molar-refractivity contribution in [1.82, 2.24) is 4.72 Å². The van der Waals surface area contributed by atoms with E-state index in [1.165, 1.54) is 26.2 Å². The van der Waals surface area contributed by atoms with Crippen LogP contribution in [0, 0.1) is 5.92 Å². The van der Waals surface area contributed by atoms with Crippen LogP contribution in [0.3, 0.4) is 0 Å². The SMILES string of the molecule is COc1ccc(N2C(=O)[C@H](C)CS2(=O)=O)cc1S(=O)(=O)NCCCc1ccccc1. The van der Waals surface area contributed by atoms with Crippen molar-refractivity contribution < 1.29 is 26.4 Å². The van der Waals surface area contributed by atoms with E-state index in [2.05, 4.69) is 4.72 Å². The predicted molar refractivity (Wildman–Crippen MR) is 113 cm³/mol. The molecule has 0 aliphatic carbocycles. The zero-order valence-corrected chi connectivity index (χ0v) is 18.4. The molecule has 1 fully saturated rings. The fraction of sp³-hybridized carbons (Fsp3) is 0.350. The number of nitrogens with zero attached hydrogens (tertiary/aromatic N) is 1. The number of amides is 1. The highest BCUT2D eigenvalue weighted by Gasteiger charge is 2.42. The van der Waals surface area contributed by atoms with E-state index >= 15 is 0 Å². The monoisotopic (exact) mass is 452 g/mol. The molecule has 162 valence electrons. The van der Waals surface area contributed by atoms with Crippen LogP contribution in [0.5, 0.6) is 5.75 Å². The molecular formula is C20H24N2O6S2. The molecular weight excluding hydrogens is 428 g/mol. The molecule has 0 radical (unpaired) electrons. The van der Waals surface area contributed by atoms with Gasteiger partial charge in [-0.3, -0.25) is 4.79 Å². The van der Waals surface area contributed by atoms with E-state index < -0.39 is 31.9 Å². The van der Waals surface area contributed by atoms with Crippen LogP contribution in [0.25, 0.3) is 0 Å². The van der Waals surface area contributed by atoms with Gasteiger partial charge in [0.05, 0.1) is 24.5 Å². The quantitative estimate of drug-likeness (QED) is 0.613. The number of sulfonamides is 2. The maximum atomic E-state index is 12.9. The fourth-order valence-corrected chi connectivity index (χ4v) is 6.38. The molecule has 2 aromatic carbocycles. The van der Waals surface area contributed by atoms with E-state index in [9.17, 15) is 21.6 Å². The molecule has 1 atom stereocenters. The Morgan fingerprint density at radius 1 is 1.17 bits per heavy atom. The number of carbonyl (C=O) groups is 1. The van der Waals surface area contributed by atoms with Crippen LogP contribution in [0.1, 0.15) is 18.9 Å². The minimum Gasteiger partial charge on any atom is -0.495 e. The van der Waals surface area contributed by atoms with Crippen molar-refractivity contribution in [2.75, 3.05) is 23.7 Å². The van der Waals surface area contributed by atoms with E-state index in [4.69, 9.17) is 4.74 Å². The summed E-state index contributed by atoms with van der Waals surface area (Å²) in [4.78, 5) is 12.1. The van der Waals surface area contributed by atoms with Crippen molar-refractivity contribution in [1.29, 1.82) is 0 Å². The lowest BCUT2D eigenvalue weighted by atomic mass is 10.1. The van der Waals surface area contributed by atoms with Crippen LogP contribution in [-0.2, 0) is 31.3 Å². The van der Waals surface area contributed by atoms with Crippen LogP contribution in [-0.4, -0.2) is 42.2 Å². The Morgan fingerprint density at radius 3 is 2.47 bits per heavy atom. The summed E-state index contributed by atoms with van der Waals surface area (Å²) < 4.78 is 58.8. The van der Waals surface area contributed by atoms with E-state index in [0.717, 1.165) is 11.6 Å². The molecule has 1 saturated heterocycles. The van der Waals surface area contributed by atoms with Gasteiger partial charge < -0.3 is 4.74 Å². The smallest absolute Gasteiger partial charge is 0.244 e. The molecule has 1 amide bonds. The first-order valence-corrected chi connectivity index (χ1v) is 12.5. The number of methoxy groups -OCH3 is 1. The number of nitrogens with one attached hydrogen (secondary N) is 1. The maximum Gasteiger partial charge on any atom is 0.244 e. The highest BCUT2D eigenvalue weighted by Crippen LogP contribution is 2.33. The summed E-state index contributed by atoms with van der Waals surface area (Å²) in [5, 5.41) is 0. The lowest BCUT2D eigenvalue weighted by molar-refractivity contribution is -0.119. The summed E-state index contributed by atoms with van der Waals surface area (Å²) in [6.07, 6.45) is 1.29. The molecule has 0 bridgehead atoms. The predicted octanol–water partition coefficient (Wildman–Crippen LogP) is 1.92. The maximum absolute atomic E-state index is 12.9. The van der Waals surface area contributed by atoms with E-state index in [1.54, 1.807) is 0 Å². The lowest BCUT2D eigenvalue weighted by Crippen LogP contribution is -2.31. The standard InChI is InChI=1S/C20H24N2O6S2/c1-15-14-29(24,25)22(20(15)23)17-10-11-18(28-2)19(13-17)30(26,27)21-12-6-9-16-7-4-3-5-8-16/h3-5,7-8,10-11,13,15,21H,6,9,12,14H2,1-2H3/t15-/m1/s1. The van der Waals surface area contributed by atoms with Gasteiger partial charge in [0.1, 0.15) is 10.6 Å². The first-order chi connectivity index (χ1) is 14.2. The van der Waals surface area contributed by atoms with E-state index in [-0.39, 0.29) is 28.6 Å². The average molecular weight is 453 g/mol. The number of hydrogen-bond acceptors (Lipinski definition) is 6. The molecule has 1 heterocycles. The Balaban J connectivity index is 1.81. The minimum atomic E-state index is -3.99. The Labute approximate surface area is 177 Å². The average Bonchev–Trinajstić information content (AvgIpc) is 2.92. The largest absolute Gasteiger partial charge is 0.495 e. The highest BCUT2D eigenvalue weighted by atomic mass is 32.2. The lowest BCUT2D eigenvalue weighted by Gasteiger charge is -2.18. The van der Waals surface area contributed by atoms with Gasteiger partial charge in [-0.15, -0.1) is 0 Å². The van der Waals surface area contributed by atoms with Gasteiger partial charge in [0.25, 0.3) is 0 Å². The third kappa shape index (κ3) is 4.66. The third-order valence-electron chi connectivity index (χ3n) is 4.81. The minimum absolute atomic E-state index is 0.0187. The molecule has 3 rings (SSSR count). The Hall–Kier alpha value is -2.43. The van der Waals surface area contributed by atoms with Crippen LogP contribution >= 0.6 is 0 Å². The summed E-state index contributed by atoms with van der Waals surface area (Å²) in [5.41, 5.74) is 1.08. The van der Waals surface area contributed by atoms with E-state index in [0.29, 0.717) is 17.1 Å². The Bertz CT molecular complexity index is 1130. The van der Waals surface area contributed by atoms with Crippen molar-refractivity contribution in [3.8, 4) is 5.75 Å². The van der Waals surface area contributed by atoms with Crippen LogP contribution in [0.2, 0.25) is 0 Å². The molecule has 0 spiro atoms. The van der Waals surface area contributed by atoms with Crippen molar-refractivity contribution in [3.63, 3.8) is 0 Å². The molecule has 0 unspecified atom stereocenters. The molecule has 0 aromatic heterocycles. The van der Waals surface area contributed by atoms with Gasteiger partial charge in [-0.05, 0) is 36.6 Å². The van der Waals surface area contributed by atoms with Gasteiger partial charge in [0, 0.05) is 6.54 Å². The summed E-state index contributed by atoms with van der Waals surface area (Å²) in [7, 11) is -6.51. The first kappa shape index (κ1) is 22.3. The van der Waals surface area contributed by atoms with Gasteiger partial charge >= 0.3 is 0 Å². The Morgan fingerprint density at radius 2 is 1.87 bits per heavy atom. The zero-order chi connectivity index (χ0) is 21.9. The van der Waals surface area contributed by atoms with Crippen molar-refractivity contribution in [2.24, 2.45) is 5.92 Å². The molecule has 8 nitrogen and oxygen atoms in total. The van der Waals surface area contributed by atoms with Crippen molar-refractivity contribution >= 4 is 31.6 Å².